The quantitative estimate of drug-likeness (QED) is 0.629. The third-order valence-electron chi connectivity index (χ3n) is 1.04. The average Bonchev–Trinajstić information content (AvgIpc) is 1.84. The Bertz CT molecular complexity index is 122. The molecule has 68 valence electrons. The maximum absolute atomic E-state index is 11.6. The maximum Gasteiger partial charge on any atom is 0.516 e. The summed E-state index contributed by atoms with van der Waals surface area (Å²) in [6.07, 6.45) is -4.70. The number of halogens is 3. The lowest BCUT2D eigenvalue weighted by Gasteiger charge is -2.22. The van der Waals surface area contributed by atoms with Crippen molar-refractivity contribution in [2.75, 3.05) is 14.2 Å². The molecule has 0 aliphatic carbocycles. The van der Waals surface area contributed by atoms with Gasteiger partial charge in [-0.1, -0.05) is 0 Å². The normalized spacial score (nSPS) is 13.6. The maximum atomic E-state index is 11.6. The highest BCUT2D eigenvalue weighted by atomic mass is 28.4. The van der Waals surface area contributed by atoms with Gasteiger partial charge >= 0.3 is 15.2 Å². The highest BCUT2D eigenvalue weighted by Crippen LogP contribution is 2.23. The largest absolute Gasteiger partial charge is 0.516 e. The highest BCUT2D eigenvalue weighted by Gasteiger charge is 2.45. The minimum absolute atomic E-state index is 1.11. The zero-order valence-electron chi connectivity index (χ0n) is 6.36. The van der Waals surface area contributed by atoms with E-state index in [4.69, 9.17) is 0 Å². The number of hydrogen-bond donors (Lipinski definition) is 0. The molecule has 0 aromatic carbocycles. The number of hydrogen-bond acceptors (Lipinski definition) is 3. The first-order valence-electron chi connectivity index (χ1n) is 2.70. The second kappa shape index (κ2) is 3.52. The van der Waals surface area contributed by atoms with Crippen LogP contribution in [0.15, 0.2) is 0 Å². The first kappa shape index (κ1) is 10.9. The molecule has 0 fully saturated rings. The zero-order chi connectivity index (χ0) is 9.12. The molecule has 0 aromatic heterocycles. The van der Waals surface area contributed by atoms with E-state index in [2.05, 4.69) is 13.3 Å². The van der Waals surface area contributed by atoms with E-state index >= 15 is 0 Å². The van der Waals surface area contributed by atoms with Crippen LogP contribution in [-0.2, 0) is 13.3 Å². The molecule has 0 aliphatic rings. The standard InChI is InChI=1S/C4H9F3O3Si/c1-8-11(3,9-2)10-4(5,6)7/h1-3H3. The minimum atomic E-state index is -4.70. The number of rotatable bonds is 3. The molecule has 3 nitrogen and oxygen atoms in total. The summed E-state index contributed by atoms with van der Waals surface area (Å²) in [6.45, 7) is 1.15. The monoisotopic (exact) mass is 190 g/mol. The van der Waals surface area contributed by atoms with Gasteiger partial charge in [-0.05, 0) is 0 Å². The molecule has 0 radical (unpaired) electrons. The van der Waals surface area contributed by atoms with Gasteiger partial charge in [-0.15, -0.1) is 13.2 Å². The van der Waals surface area contributed by atoms with Crippen LogP contribution in [-0.4, -0.2) is 29.4 Å². The molecule has 0 heterocycles. The molecule has 0 aromatic rings. The molecule has 7 heteroatoms. The van der Waals surface area contributed by atoms with Gasteiger partial charge in [0.2, 0.25) is 0 Å². The van der Waals surface area contributed by atoms with Gasteiger partial charge in [0.05, 0.1) is 0 Å². The summed E-state index contributed by atoms with van der Waals surface area (Å²) < 4.78 is 47.2. The summed E-state index contributed by atoms with van der Waals surface area (Å²) in [4.78, 5) is 0. The van der Waals surface area contributed by atoms with E-state index in [0.29, 0.717) is 0 Å². The van der Waals surface area contributed by atoms with Crippen LogP contribution in [0, 0.1) is 0 Å². The van der Waals surface area contributed by atoms with Gasteiger partial charge in [-0.3, -0.25) is 4.43 Å². The summed E-state index contributed by atoms with van der Waals surface area (Å²) in [5, 5.41) is 0. The molecular formula is C4H9F3O3Si. The fourth-order valence-corrected chi connectivity index (χ4v) is 1.13. The topological polar surface area (TPSA) is 27.7 Å². The summed E-state index contributed by atoms with van der Waals surface area (Å²) in [7, 11) is -1.23. The van der Waals surface area contributed by atoms with Gasteiger partial charge in [0.1, 0.15) is 0 Å². The Morgan fingerprint density at radius 3 is 1.55 bits per heavy atom. The van der Waals surface area contributed by atoms with Crippen LogP contribution in [0.1, 0.15) is 0 Å². The van der Waals surface area contributed by atoms with Crippen molar-refractivity contribution in [3.63, 3.8) is 0 Å². The second-order valence-electron chi connectivity index (χ2n) is 1.82. The van der Waals surface area contributed by atoms with Crippen molar-refractivity contribution in [3.8, 4) is 0 Å². The molecule has 0 saturated heterocycles. The Kier molecular flexibility index (Phi) is 3.49. The molecule has 0 spiro atoms. The van der Waals surface area contributed by atoms with Crippen molar-refractivity contribution in [1.29, 1.82) is 0 Å². The molecule has 0 bridgehead atoms. The molecule has 0 aliphatic heterocycles. The van der Waals surface area contributed by atoms with Gasteiger partial charge in [-0.25, -0.2) is 0 Å². The first-order valence-corrected chi connectivity index (χ1v) is 4.92. The van der Waals surface area contributed by atoms with E-state index < -0.39 is 15.2 Å². The van der Waals surface area contributed by atoms with Crippen molar-refractivity contribution >= 4 is 8.80 Å². The van der Waals surface area contributed by atoms with Crippen molar-refractivity contribution in [2.24, 2.45) is 0 Å². The lowest BCUT2D eigenvalue weighted by Crippen LogP contribution is -2.44. The van der Waals surface area contributed by atoms with E-state index in [0.717, 1.165) is 20.8 Å². The molecule has 0 unspecified atom stereocenters. The van der Waals surface area contributed by atoms with Crippen LogP contribution in [0.4, 0.5) is 13.2 Å². The smallest absolute Gasteiger partial charge is 0.377 e. The van der Waals surface area contributed by atoms with Crippen molar-refractivity contribution in [3.05, 3.63) is 0 Å². The molecule has 11 heavy (non-hydrogen) atoms. The molecule has 0 saturated carbocycles. The van der Waals surface area contributed by atoms with Gasteiger partial charge in [0.25, 0.3) is 0 Å². The summed E-state index contributed by atoms with van der Waals surface area (Å²) >= 11 is 0. The Morgan fingerprint density at radius 1 is 1.09 bits per heavy atom. The second-order valence-corrected chi connectivity index (χ2v) is 4.56. The Hall–Kier alpha value is -0.113. The van der Waals surface area contributed by atoms with E-state index in [1.54, 1.807) is 0 Å². The van der Waals surface area contributed by atoms with E-state index in [1.165, 1.54) is 0 Å². The van der Waals surface area contributed by atoms with Gasteiger partial charge in [-0.2, -0.15) is 0 Å². The lowest BCUT2D eigenvalue weighted by atomic mass is 11.4. The van der Waals surface area contributed by atoms with Gasteiger partial charge < -0.3 is 8.85 Å². The Morgan fingerprint density at radius 2 is 1.45 bits per heavy atom. The summed E-state index contributed by atoms with van der Waals surface area (Å²) in [5.41, 5.74) is 0. The van der Waals surface area contributed by atoms with Crippen LogP contribution < -0.4 is 0 Å². The summed E-state index contributed by atoms with van der Waals surface area (Å²) in [5.74, 6) is 0. The fraction of sp³-hybridized carbons (Fsp3) is 1.00. The zero-order valence-corrected chi connectivity index (χ0v) is 7.36. The number of alkyl halides is 3. The van der Waals surface area contributed by atoms with E-state index in [1.807, 2.05) is 0 Å². The van der Waals surface area contributed by atoms with E-state index in [-0.39, 0.29) is 0 Å². The molecule has 0 rings (SSSR count). The average molecular weight is 190 g/mol. The van der Waals surface area contributed by atoms with Crippen LogP contribution in [0.3, 0.4) is 0 Å². The van der Waals surface area contributed by atoms with Gasteiger partial charge in [0, 0.05) is 20.8 Å². The fourth-order valence-electron chi connectivity index (χ4n) is 0.377. The van der Waals surface area contributed by atoms with Crippen LogP contribution in [0.25, 0.3) is 0 Å². The SMILES string of the molecule is CO[Si](C)(OC)OC(F)(F)F. The Balaban J connectivity index is 4.08. The third-order valence-corrected chi connectivity index (χ3v) is 3.13. The Labute approximate surface area is 63.4 Å². The summed E-state index contributed by atoms with van der Waals surface area (Å²) in [6, 6.07) is 0. The molecule has 0 atom stereocenters. The predicted octanol–water partition coefficient (Wildman–Crippen LogP) is 1.38. The van der Waals surface area contributed by atoms with Crippen molar-refractivity contribution in [1.82, 2.24) is 0 Å². The van der Waals surface area contributed by atoms with Crippen molar-refractivity contribution in [2.45, 2.75) is 12.9 Å². The molecule has 0 N–H and O–H groups in total. The first-order chi connectivity index (χ1) is 4.83. The van der Waals surface area contributed by atoms with Gasteiger partial charge in [0.15, 0.2) is 0 Å². The van der Waals surface area contributed by atoms with E-state index in [9.17, 15) is 13.2 Å². The highest BCUT2D eigenvalue weighted by molar-refractivity contribution is 6.59. The predicted molar refractivity (Wildman–Crippen MR) is 32.8 cm³/mol. The lowest BCUT2D eigenvalue weighted by molar-refractivity contribution is -0.295. The van der Waals surface area contributed by atoms with Crippen LogP contribution >= 0.6 is 0 Å². The van der Waals surface area contributed by atoms with Crippen LogP contribution in [0.2, 0.25) is 6.55 Å². The molecular weight excluding hydrogens is 181 g/mol. The molecule has 0 amide bonds. The van der Waals surface area contributed by atoms with Crippen LogP contribution in [0.5, 0.6) is 0 Å². The minimum Gasteiger partial charge on any atom is -0.377 e. The third kappa shape index (κ3) is 4.35. The van der Waals surface area contributed by atoms with Crippen molar-refractivity contribution < 1.29 is 26.4 Å².